The molecule has 3 aromatic rings. The van der Waals surface area contributed by atoms with Crippen LogP contribution in [-0.4, -0.2) is 50.3 Å². The summed E-state index contributed by atoms with van der Waals surface area (Å²) >= 11 is 0. The number of nitrogens with zero attached hydrogens (tertiary/aromatic N) is 1. The van der Waals surface area contributed by atoms with E-state index in [1.165, 1.54) is 12.1 Å². The number of alkyl halides is 3. The van der Waals surface area contributed by atoms with Crippen LogP contribution in [0.25, 0.3) is 5.57 Å². The van der Waals surface area contributed by atoms with Crippen LogP contribution in [0.3, 0.4) is 0 Å². The van der Waals surface area contributed by atoms with E-state index in [9.17, 15) is 18.0 Å². The number of hydrogen-bond donors (Lipinski definition) is 0. The van der Waals surface area contributed by atoms with Gasteiger partial charge in [-0.1, -0.05) is 43.0 Å². The van der Waals surface area contributed by atoms with Crippen LogP contribution in [-0.2, 0) is 20.6 Å². The highest BCUT2D eigenvalue weighted by Crippen LogP contribution is 2.32. The lowest BCUT2D eigenvalue weighted by atomic mass is 9.96. The topological polar surface area (TPSA) is 57.2 Å². The predicted octanol–water partition coefficient (Wildman–Crippen LogP) is 6.46. The SMILES string of the molecule is CCC(=O)OOc1ccc(OC/C=C(/c2ccc(C#CCN3CCOCC3)cc2)c2ccc(C(F)(F)F)cc2)cc1C. The van der Waals surface area contributed by atoms with Crippen molar-refractivity contribution < 1.29 is 37.2 Å². The van der Waals surface area contributed by atoms with Crippen molar-refractivity contribution in [2.45, 2.75) is 26.4 Å². The number of hydrogen-bond acceptors (Lipinski definition) is 6. The van der Waals surface area contributed by atoms with Gasteiger partial charge in [-0.15, -0.1) is 0 Å². The number of halogens is 3. The second-order valence-corrected chi connectivity index (χ2v) is 9.59. The number of ether oxygens (including phenoxy) is 2. The third-order valence-electron chi connectivity index (χ3n) is 6.56. The molecule has 0 amide bonds. The van der Waals surface area contributed by atoms with Gasteiger partial charge in [-0.3, -0.25) is 14.7 Å². The Bertz CT molecular complexity index is 1430. The lowest BCUT2D eigenvalue weighted by molar-refractivity contribution is -0.213. The number of morpholine rings is 1. The summed E-state index contributed by atoms with van der Waals surface area (Å²) in [6, 6.07) is 17.7. The lowest BCUT2D eigenvalue weighted by Crippen LogP contribution is -2.36. The first-order valence-electron chi connectivity index (χ1n) is 13.6. The second-order valence-electron chi connectivity index (χ2n) is 9.59. The Morgan fingerprint density at radius 3 is 2.29 bits per heavy atom. The summed E-state index contributed by atoms with van der Waals surface area (Å²) in [4.78, 5) is 23.4. The maximum absolute atomic E-state index is 13.2. The molecule has 0 atom stereocenters. The molecule has 4 rings (SSSR count). The van der Waals surface area contributed by atoms with Gasteiger partial charge in [-0.25, -0.2) is 4.79 Å². The number of carbonyl (C=O) groups is 1. The number of benzene rings is 3. The molecule has 0 aromatic heterocycles. The van der Waals surface area contributed by atoms with Gasteiger partial charge in [0.25, 0.3) is 0 Å². The Morgan fingerprint density at radius 1 is 1.00 bits per heavy atom. The van der Waals surface area contributed by atoms with Crippen LogP contribution in [0.2, 0.25) is 0 Å². The van der Waals surface area contributed by atoms with Gasteiger partial charge >= 0.3 is 12.1 Å². The van der Waals surface area contributed by atoms with E-state index in [0.29, 0.717) is 42.4 Å². The molecule has 1 aliphatic heterocycles. The van der Waals surface area contributed by atoms with Gasteiger partial charge < -0.3 is 9.47 Å². The highest BCUT2D eigenvalue weighted by Gasteiger charge is 2.30. The van der Waals surface area contributed by atoms with Crippen molar-refractivity contribution in [1.29, 1.82) is 0 Å². The maximum Gasteiger partial charge on any atom is 0.416 e. The largest absolute Gasteiger partial charge is 0.489 e. The van der Waals surface area contributed by atoms with E-state index in [-0.39, 0.29) is 13.0 Å². The standard InChI is InChI=1S/C33H32F3NO5/c1-3-32(38)42-41-31-15-14-29(23-24(31)2)40-20-16-30(27-10-12-28(13-11-27)33(34,35)36)26-8-6-25(7-9-26)5-4-17-37-18-21-39-22-19-37/h6-16,23H,3,17-22H2,1-2H3/b30-16-. The van der Waals surface area contributed by atoms with Crippen LogP contribution in [0.1, 0.15) is 41.2 Å². The zero-order valence-electron chi connectivity index (χ0n) is 23.5. The van der Waals surface area contributed by atoms with Crippen molar-refractivity contribution >= 4 is 11.5 Å². The summed E-state index contributed by atoms with van der Waals surface area (Å²) in [5, 5.41) is 0. The normalized spacial score (nSPS) is 14.1. The number of rotatable bonds is 9. The Morgan fingerprint density at radius 2 is 1.67 bits per heavy atom. The van der Waals surface area contributed by atoms with Crippen molar-refractivity contribution in [1.82, 2.24) is 4.90 Å². The van der Waals surface area contributed by atoms with Gasteiger partial charge in [0.05, 0.1) is 25.3 Å². The highest BCUT2D eigenvalue weighted by molar-refractivity contribution is 5.80. The molecule has 220 valence electrons. The van der Waals surface area contributed by atoms with E-state index >= 15 is 0 Å². The molecule has 0 radical (unpaired) electrons. The fourth-order valence-corrected chi connectivity index (χ4v) is 4.16. The van der Waals surface area contributed by atoms with Gasteiger partial charge in [0, 0.05) is 30.6 Å². The third kappa shape index (κ3) is 8.87. The molecule has 0 spiro atoms. The number of carbonyl (C=O) groups excluding carboxylic acids is 1. The van der Waals surface area contributed by atoms with E-state index in [1.807, 2.05) is 30.3 Å². The first-order chi connectivity index (χ1) is 20.2. The fraction of sp³-hybridized carbons (Fsp3) is 0.303. The minimum absolute atomic E-state index is 0.155. The van der Waals surface area contributed by atoms with Crippen LogP contribution in [0.4, 0.5) is 13.2 Å². The minimum Gasteiger partial charge on any atom is -0.489 e. The van der Waals surface area contributed by atoms with Crippen LogP contribution in [0.15, 0.2) is 72.8 Å². The van der Waals surface area contributed by atoms with Crippen LogP contribution in [0, 0.1) is 18.8 Å². The summed E-state index contributed by atoms with van der Waals surface area (Å²) in [6.45, 7) is 7.43. The smallest absolute Gasteiger partial charge is 0.416 e. The first-order valence-corrected chi connectivity index (χ1v) is 13.6. The van der Waals surface area contributed by atoms with Crippen molar-refractivity contribution in [2.75, 3.05) is 39.5 Å². The van der Waals surface area contributed by atoms with Crippen LogP contribution >= 0.6 is 0 Å². The maximum atomic E-state index is 13.2. The molecule has 0 saturated carbocycles. The van der Waals surface area contributed by atoms with E-state index in [1.54, 1.807) is 32.0 Å². The average Bonchev–Trinajstić information content (AvgIpc) is 2.99. The molecule has 0 aliphatic carbocycles. The van der Waals surface area contributed by atoms with Gasteiger partial charge in [0.15, 0.2) is 5.75 Å². The third-order valence-corrected chi connectivity index (χ3v) is 6.56. The zero-order valence-corrected chi connectivity index (χ0v) is 23.5. The molecule has 0 bridgehead atoms. The molecular formula is C33H32F3NO5. The van der Waals surface area contributed by atoms with Crippen LogP contribution in [0.5, 0.6) is 11.5 Å². The van der Waals surface area contributed by atoms with Crippen molar-refractivity contribution in [3.63, 3.8) is 0 Å². The Balaban J connectivity index is 1.50. The summed E-state index contributed by atoms with van der Waals surface area (Å²) in [7, 11) is 0. The van der Waals surface area contributed by atoms with E-state index in [0.717, 1.165) is 41.9 Å². The summed E-state index contributed by atoms with van der Waals surface area (Å²) in [5.74, 6) is 6.83. The molecule has 6 nitrogen and oxygen atoms in total. The molecule has 1 fully saturated rings. The van der Waals surface area contributed by atoms with Gasteiger partial charge in [-0.2, -0.15) is 13.2 Å². The van der Waals surface area contributed by atoms with Gasteiger partial charge in [0.2, 0.25) is 0 Å². The molecule has 0 unspecified atom stereocenters. The second kappa shape index (κ2) is 14.6. The summed E-state index contributed by atoms with van der Waals surface area (Å²) in [5.41, 5.74) is 2.99. The van der Waals surface area contributed by atoms with Crippen LogP contribution < -0.4 is 9.62 Å². The summed E-state index contributed by atoms with van der Waals surface area (Å²) < 4.78 is 50.8. The van der Waals surface area contributed by atoms with Gasteiger partial charge in [0.1, 0.15) is 12.4 Å². The fourth-order valence-electron chi connectivity index (χ4n) is 4.16. The average molecular weight is 580 g/mol. The predicted molar refractivity (Wildman–Crippen MR) is 153 cm³/mol. The monoisotopic (exact) mass is 579 g/mol. The van der Waals surface area contributed by atoms with E-state index in [4.69, 9.17) is 19.2 Å². The van der Waals surface area contributed by atoms with E-state index in [2.05, 4.69) is 16.7 Å². The van der Waals surface area contributed by atoms with Crippen molar-refractivity contribution in [3.8, 4) is 23.3 Å². The Kier molecular flexibility index (Phi) is 10.7. The molecule has 9 heteroatoms. The molecule has 1 aliphatic rings. The van der Waals surface area contributed by atoms with Crippen molar-refractivity contribution in [3.05, 3.63) is 101 Å². The first kappa shape index (κ1) is 30.7. The van der Waals surface area contributed by atoms with E-state index < -0.39 is 17.7 Å². The minimum atomic E-state index is -4.42. The zero-order chi connectivity index (χ0) is 30.0. The Labute approximate surface area is 243 Å². The molecular weight excluding hydrogens is 547 g/mol. The molecule has 42 heavy (non-hydrogen) atoms. The lowest BCUT2D eigenvalue weighted by Gasteiger charge is -2.24. The van der Waals surface area contributed by atoms with Gasteiger partial charge in [-0.05, 0) is 72.2 Å². The highest BCUT2D eigenvalue weighted by atomic mass is 19.4. The molecule has 1 heterocycles. The summed E-state index contributed by atoms with van der Waals surface area (Å²) in [6.07, 6.45) is -2.40. The molecule has 1 saturated heterocycles. The number of aryl methyl sites for hydroxylation is 1. The quantitative estimate of drug-likeness (QED) is 0.165. The molecule has 0 N–H and O–H groups in total. The Hall–Kier alpha value is -4.26. The van der Waals surface area contributed by atoms with Crippen molar-refractivity contribution in [2.24, 2.45) is 0 Å². The molecule has 3 aromatic carbocycles.